The third kappa shape index (κ3) is 4.40. The van der Waals surface area contributed by atoms with Gasteiger partial charge in [0.05, 0.1) is 37.6 Å². The third-order valence-corrected chi connectivity index (χ3v) is 6.25. The van der Waals surface area contributed by atoms with Gasteiger partial charge in [0.2, 0.25) is 0 Å². The molecule has 3 fully saturated rings. The average Bonchev–Trinajstić information content (AvgIpc) is 3.39. The third-order valence-electron chi connectivity index (χ3n) is 6.25. The fourth-order valence-corrected chi connectivity index (χ4v) is 4.59. The highest BCUT2D eigenvalue weighted by molar-refractivity contribution is 6.63. The molecule has 164 valence electrons. The van der Waals surface area contributed by atoms with Crippen molar-refractivity contribution in [3.05, 3.63) is 91.0 Å². The molecule has 9 heteroatoms. The van der Waals surface area contributed by atoms with Crippen LogP contribution in [-0.2, 0) is 27.9 Å². The molecule has 3 aromatic rings. The van der Waals surface area contributed by atoms with Gasteiger partial charge in [0.25, 0.3) is 0 Å². The number of hydrogen-bond donors (Lipinski definition) is 0. The maximum Gasteiger partial charge on any atom is 0.494 e. The Morgan fingerprint density at radius 3 is 1.30 bits per heavy atom. The zero-order valence-corrected chi connectivity index (χ0v) is 18.1. The van der Waals surface area contributed by atoms with Crippen molar-refractivity contribution >= 4 is 37.7 Å². The van der Waals surface area contributed by atoms with E-state index in [2.05, 4.69) is 0 Å². The summed E-state index contributed by atoms with van der Waals surface area (Å²) >= 11 is 0. The molecular weight excluding hydrogens is 417 g/mol. The first-order valence-corrected chi connectivity index (χ1v) is 11.3. The number of hydrogen-bond acceptors (Lipinski definition) is 6. The molecule has 0 aliphatic carbocycles. The van der Waals surface area contributed by atoms with Crippen LogP contribution in [0, 0.1) is 0 Å². The van der Waals surface area contributed by atoms with Crippen LogP contribution < -0.4 is 16.4 Å². The first kappa shape index (κ1) is 21.2. The van der Waals surface area contributed by atoms with Gasteiger partial charge in [0, 0.05) is 0 Å². The second-order valence-electron chi connectivity index (χ2n) is 8.44. The van der Waals surface area contributed by atoms with E-state index in [0.29, 0.717) is 13.2 Å². The summed E-state index contributed by atoms with van der Waals surface area (Å²) in [5, 5.41) is 0. The predicted molar refractivity (Wildman–Crippen MR) is 127 cm³/mol. The summed E-state index contributed by atoms with van der Waals surface area (Å²) in [6.07, 6.45) is -1.31. The van der Waals surface area contributed by atoms with Crippen LogP contribution >= 0.6 is 0 Å². The van der Waals surface area contributed by atoms with Crippen LogP contribution in [0.1, 0.15) is 0 Å². The smallest absolute Gasteiger partial charge is 0.405 e. The van der Waals surface area contributed by atoms with Gasteiger partial charge in [-0.3, -0.25) is 0 Å². The van der Waals surface area contributed by atoms with Crippen molar-refractivity contribution in [1.82, 2.24) is 0 Å². The molecule has 0 spiro atoms. The summed E-state index contributed by atoms with van der Waals surface area (Å²) in [6, 6.07) is 29.8. The van der Waals surface area contributed by atoms with Crippen LogP contribution in [0.4, 0.5) is 0 Å². The van der Waals surface area contributed by atoms with Gasteiger partial charge in [-0.1, -0.05) is 91.0 Å². The zero-order chi connectivity index (χ0) is 22.0. The maximum absolute atomic E-state index is 6.49. The first-order chi connectivity index (χ1) is 16.3. The SMILES string of the molecule is c1ccc(B2OC[C@H]3OB(c4ccccc4)O[C@@H]([C@H]4COB(c5ccccc5)O4)[C@@H]3O2)cc1. The van der Waals surface area contributed by atoms with Crippen LogP contribution in [0.3, 0.4) is 0 Å². The van der Waals surface area contributed by atoms with Gasteiger partial charge in [-0.2, -0.15) is 0 Å². The average molecular weight is 440 g/mol. The molecule has 0 saturated carbocycles. The molecule has 3 aliphatic heterocycles. The Kier molecular flexibility index (Phi) is 6.07. The second kappa shape index (κ2) is 9.47. The van der Waals surface area contributed by atoms with Gasteiger partial charge in [0.15, 0.2) is 0 Å². The Labute approximate surface area is 194 Å². The van der Waals surface area contributed by atoms with Gasteiger partial charge in [0.1, 0.15) is 0 Å². The lowest BCUT2D eigenvalue weighted by Crippen LogP contribution is -2.66. The van der Waals surface area contributed by atoms with Crippen molar-refractivity contribution in [2.24, 2.45) is 0 Å². The Morgan fingerprint density at radius 1 is 0.455 bits per heavy atom. The Morgan fingerprint density at radius 2 is 0.818 bits per heavy atom. The molecule has 4 atom stereocenters. The molecule has 3 saturated heterocycles. The van der Waals surface area contributed by atoms with Crippen molar-refractivity contribution < 1.29 is 27.9 Å². The molecule has 3 aromatic carbocycles. The molecule has 6 nitrogen and oxygen atoms in total. The number of fused-ring (bicyclic) bond motifs is 1. The molecule has 3 heterocycles. The van der Waals surface area contributed by atoms with E-state index in [1.807, 2.05) is 91.0 Å². The molecule has 6 rings (SSSR count). The summed E-state index contributed by atoms with van der Waals surface area (Å²) in [5.41, 5.74) is 2.90. The summed E-state index contributed by atoms with van der Waals surface area (Å²) in [5.74, 6) is 0. The van der Waals surface area contributed by atoms with Crippen molar-refractivity contribution in [1.29, 1.82) is 0 Å². The summed E-state index contributed by atoms with van der Waals surface area (Å²) < 4.78 is 37.6. The van der Waals surface area contributed by atoms with Crippen LogP contribution in [0.5, 0.6) is 0 Å². The lowest BCUT2D eigenvalue weighted by molar-refractivity contribution is -0.146. The monoisotopic (exact) mass is 440 g/mol. The topological polar surface area (TPSA) is 55.4 Å². The van der Waals surface area contributed by atoms with Crippen molar-refractivity contribution in [3.63, 3.8) is 0 Å². The molecule has 0 radical (unpaired) electrons. The van der Waals surface area contributed by atoms with E-state index in [0.717, 1.165) is 16.4 Å². The van der Waals surface area contributed by atoms with Crippen molar-refractivity contribution in [2.75, 3.05) is 13.2 Å². The lowest BCUT2D eigenvalue weighted by atomic mass is 9.73. The minimum Gasteiger partial charge on any atom is -0.405 e. The predicted octanol–water partition coefficient (Wildman–Crippen LogP) is 0.787. The molecule has 3 aliphatic rings. The number of benzene rings is 3. The summed E-state index contributed by atoms with van der Waals surface area (Å²) in [6.45, 7) is 0.818. The minimum atomic E-state index is -0.530. The maximum atomic E-state index is 6.49. The molecule has 0 N–H and O–H groups in total. The van der Waals surface area contributed by atoms with Crippen molar-refractivity contribution in [2.45, 2.75) is 24.4 Å². The van der Waals surface area contributed by atoms with E-state index in [-0.39, 0.29) is 24.4 Å². The van der Waals surface area contributed by atoms with Crippen molar-refractivity contribution in [3.8, 4) is 0 Å². The largest absolute Gasteiger partial charge is 0.494 e. The Bertz CT molecular complexity index is 1040. The van der Waals surface area contributed by atoms with Crippen LogP contribution in [0.25, 0.3) is 0 Å². The molecule has 33 heavy (non-hydrogen) atoms. The van der Waals surface area contributed by atoms with E-state index >= 15 is 0 Å². The van der Waals surface area contributed by atoms with Gasteiger partial charge in [-0.15, -0.1) is 0 Å². The van der Waals surface area contributed by atoms with Crippen LogP contribution in [0.15, 0.2) is 91.0 Å². The Balaban J connectivity index is 1.26. The fourth-order valence-electron chi connectivity index (χ4n) is 4.59. The van der Waals surface area contributed by atoms with Crippen LogP contribution in [0.2, 0.25) is 0 Å². The summed E-state index contributed by atoms with van der Waals surface area (Å²) in [7, 11) is -1.44. The normalized spacial score (nSPS) is 27.5. The Hall–Kier alpha value is -2.39. The van der Waals surface area contributed by atoms with Crippen LogP contribution in [-0.4, -0.2) is 59.0 Å². The zero-order valence-electron chi connectivity index (χ0n) is 18.1. The van der Waals surface area contributed by atoms with Gasteiger partial charge < -0.3 is 27.9 Å². The molecular formula is C24H23B3O6. The molecule has 0 aromatic heterocycles. The van der Waals surface area contributed by atoms with E-state index in [4.69, 9.17) is 27.9 Å². The number of rotatable bonds is 4. The fraction of sp³-hybridized carbons (Fsp3) is 0.250. The quantitative estimate of drug-likeness (QED) is 0.560. The lowest BCUT2D eigenvalue weighted by Gasteiger charge is -2.46. The highest BCUT2D eigenvalue weighted by Crippen LogP contribution is 2.30. The minimum absolute atomic E-state index is 0.284. The van der Waals surface area contributed by atoms with Gasteiger partial charge >= 0.3 is 21.4 Å². The van der Waals surface area contributed by atoms with E-state index in [1.54, 1.807) is 0 Å². The second-order valence-corrected chi connectivity index (χ2v) is 8.44. The van der Waals surface area contributed by atoms with E-state index in [9.17, 15) is 0 Å². The first-order valence-electron chi connectivity index (χ1n) is 11.3. The van der Waals surface area contributed by atoms with Gasteiger partial charge in [-0.05, 0) is 16.4 Å². The van der Waals surface area contributed by atoms with E-state index < -0.39 is 21.4 Å². The molecule has 0 amide bonds. The highest BCUT2D eigenvalue weighted by atomic mass is 16.7. The highest BCUT2D eigenvalue weighted by Gasteiger charge is 2.53. The van der Waals surface area contributed by atoms with E-state index in [1.165, 1.54) is 0 Å². The standard InChI is InChI=1S/C24H23B3O6/c1-4-10-18(11-5-1)25-28-16-21(30-25)24-23-22(31-27(33-24)20-14-8-3-9-15-20)17-29-26(32-23)19-12-6-2-7-13-19/h1-15,21-24H,16-17H2/t21-,22-,23-,24+/m1/s1. The van der Waals surface area contributed by atoms with Gasteiger partial charge in [-0.25, -0.2) is 0 Å². The summed E-state index contributed by atoms with van der Waals surface area (Å²) in [4.78, 5) is 0. The molecule has 0 bridgehead atoms. The molecule has 0 unspecified atom stereocenters.